The molecule has 1 aliphatic heterocycles. The maximum atomic E-state index is 12.3. The van der Waals surface area contributed by atoms with Gasteiger partial charge in [0.05, 0.1) is 12.2 Å². The quantitative estimate of drug-likeness (QED) is 0.660. The lowest BCUT2D eigenvalue weighted by molar-refractivity contribution is -0.132. The van der Waals surface area contributed by atoms with Gasteiger partial charge in [-0.3, -0.25) is 9.59 Å². The topological polar surface area (TPSA) is 84.7 Å². The molecule has 7 heteroatoms. The van der Waals surface area contributed by atoms with Gasteiger partial charge in [-0.15, -0.1) is 12.4 Å². The summed E-state index contributed by atoms with van der Waals surface area (Å²) in [5.74, 6) is 1.10. The number of amides is 2. The largest absolute Gasteiger partial charge is 0.493 e. The number of hydrogen-bond acceptors (Lipinski definition) is 4. The van der Waals surface area contributed by atoms with Crippen LogP contribution in [0.15, 0.2) is 24.3 Å². The molecule has 0 spiro atoms. The molecule has 0 aromatic heterocycles. The van der Waals surface area contributed by atoms with Crippen molar-refractivity contribution in [2.24, 2.45) is 11.7 Å². The maximum absolute atomic E-state index is 12.3. The molecule has 1 aromatic carbocycles. The van der Waals surface area contributed by atoms with Crippen molar-refractivity contribution in [2.45, 2.75) is 45.6 Å². The number of nitrogens with one attached hydrogen (secondary N) is 1. The summed E-state index contributed by atoms with van der Waals surface area (Å²) in [6.45, 7) is 6.49. The number of carbonyl (C=O) groups excluding carboxylic acids is 2. The highest BCUT2D eigenvalue weighted by Crippen LogP contribution is 2.20. The molecule has 1 heterocycles. The molecule has 2 rings (SSSR count). The summed E-state index contributed by atoms with van der Waals surface area (Å²) in [7, 11) is 0. The summed E-state index contributed by atoms with van der Waals surface area (Å²) in [6, 6.07) is 7.38. The van der Waals surface area contributed by atoms with E-state index < -0.39 is 0 Å². The van der Waals surface area contributed by atoms with Gasteiger partial charge in [0, 0.05) is 32.1 Å². The molecule has 0 bridgehead atoms. The number of para-hydroxylation sites is 1. The molecule has 0 saturated carbocycles. The fourth-order valence-electron chi connectivity index (χ4n) is 3.31. The van der Waals surface area contributed by atoms with E-state index in [-0.39, 0.29) is 30.3 Å². The highest BCUT2D eigenvalue weighted by molar-refractivity contribution is 5.96. The molecule has 152 valence electrons. The summed E-state index contributed by atoms with van der Waals surface area (Å²) >= 11 is 0. The number of piperidine rings is 1. The molecule has 1 aliphatic rings. The average Bonchev–Trinajstić information content (AvgIpc) is 2.65. The number of benzene rings is 1. The number of carbonyl (C=O) groups is 2. The smallest absolute Gasteiger partial charge is 0.255 e. The lowest BCUT2D eigenvalue weighted by atomic mass is 9.91. The van der Waals surface area contributed by atoms with Gasteiger partial charge in [-0.2, -0.15) is 0 Å². The summed E-state index contributed by atoms with van der Waals surface area (Å²) in [6.07, 6.45) is 3.05. The first-order chi connectivity index (χ1) is 12.5. The Labute approximate surface area is 168 Å². The fourth-order valence-corrected chi connectivity index (χ4v) is 3.31. The second kappa shape index (κ2) is 11.8. The van der Waals surface area contributed by atoms with Crippen molar-refractivity contribution in [3.8, 4) is 5.75 Å². The number of ether oxygens (including phenoxy) is 1. The normalized spacial score (nSPS) is 15.6. The van der Waals surface area contributed by atoms with E-state index in [0.717, 1.165) is 25.9 Å². The van der Waals surface area contributed by atoms with Crippen LogP contribution in [0.2, 0.25) is 0 Å². The average molecular weight is 398 g/mol. The van der Waals surface area contributed by atoms with Crippen molar-refractivity contribution < 1.29 is 14.3 Å². The zero-order valence-electron chi connectivity index (χ0n) is 16.3. The molecular weight excluding hydrogens is 366 g/mol. The van der Waals surface area contributed by atoms with Gasteiger partial charge < -0.3 is 20.7 Å². The molecule has 6 nitrogen and oxygen atoms in total. The van der Waals surface area contributed by atoms with Crippen molar-refractivity contribution >= 4 is 24.2 Å². The molecule has 1 unspecified atom stereocenters. The monoisotopic (exact) mass is 397 g/mol. The molecule has 3 N–H and O–H groups in total. The second-order valence-corrected chi connectivity index (χ2v) is 6.87. The van der Waals surface area contributed by atoms with Crippen LogP contribution in [0.5, 0.6) is 5.75 Å². The van der Waals surface area contributed by atoms with Crippen molar-refractivity contribution in [3.63, 3.8) is 0 Å². The Hall–Kier alpha value is -1.79. The number of nitrogens with two attached hydrogens (primary N) is 1. The minimum absolute atomic E-state index is 0. The van der Waals surface area contributed by atoms with E-state index in [1.807, 2.05) is 30.9 Å². The van der Waals surface area contributed by atoms with Crippen molar-refractivity contribution in [1.82, 2.24) is 10.2 Å². The minimum atomic E-state index is -0.167. The molecule has 1 atom stereocenters. The van der Waals surface area contributed by atoms with Crippen molar-refractivity contribution in [2.75, 3.05) is 26.2 Å². The first-order valence-electron chi connectivity index (χ1n) is 9.56. The SMILES string of the molecule is CCOc1ccccc1C(=O)NCCCC(=O)N1CCC(C(C)N)CC1.Cl. The molecular formula is C20H32ClN3O3. The van der Waals surface area contributed by atoms with Gasteiger partial charge in [-0.25, -0.2) is 0 Å². The summed E-state index contributed by atoms with van der Waals surface area (Å²) < 4.78 is 5.48. The van der Waals surface area contributed by atoms with Gasteiger partial charge in [-0.1, -0.05) is 12.1 Å². The standard InChI is InChI=1S/C20H31N3O3.ClH/c1-3-26-18-8-5-4-7-17(18)20(25)22-12-6-9-19(24)23-13-10-16(11-14-23)15(2)21;/h4-5,7-8,15-16H,3,6,9-14,21H2,1-2H3,(H,22,25);1H. The van der Waals surface area contributed by atoms with Gasteiger partial charge in [-0.05, 0) is 51.2 Å². The number of hydrogen-bond donors (Lipinski definition) is 2. The van der Waals surface area contributed by atoms with E-state index in [1.54, 1.807) is 12.1 Å². The first-order valence-corrected chi connectivity index (χ1v) is 9.56. The zero-order chi connectivity index (χ0) is 18.9. The molecule has 0 radical (unpaired) electrons. The number of halogens is 1. The van der Waals surface area contributed by atoms with Crippen LogP contribution in [0.1, 0.15) is 49.9 Å². The Balaban J connectivity index is 0.00000364. The van der Waals surface area contributed by atoms with E-state index in [0.29, 0.717) is 43.2 Å². The van der Waals surface area contributed by atoms with Crippen LogP contribution < -0.4 is 15.8 Å². The third-order valence-corrected chi connectivity index (χ3v) is 4.92. The Morgan fingerprint density at radius 2 is 1.96 bits per heavy atom. The van der Waals surface area contributed by atoms with Gasteiger partial charge in [0.2, 0.25) is 5.91 Å². The van der Waals surface area contributed by atoms with Gasteiger partial charge in [0.15, 0.2) is 0 Å². The van der Waals surface area contributed by atoms with Gasteiger partial charge in [0.25, 0.3) is 5.91 Å². The Morgan fingerprint density at radius 3 is 2.59 bits per heavy atom. The summed E-state index contributed by atoms with van der Waals surface area (Å²) in [4.78, 5) is 26.5. The zero-order valence-corrected chi connectivity index (χ0v) is 17.1. The molecule has 1 aromatic rings. The second-order valence-electron chi connectivity index (χ2n) is 6.87. The maximum Gasteiger partial charge on any atom is 0.255 e. The number of rotatable bonds is 8. The Bertz CT molecular complexity index is 602. The van der Waals surface area contributed by atoms with Gasteiger partial charge in [0.1, 0.15) is 5.75 Å². The highest BCUT2D eigenvalue weighted by atomic mass is 35.5. The highest BCUT2D eigenvalue weighted by Gasteiger charge is 2.24. The third kappa shape index (κ3) is 7.03. The van der Waals surface area contributed by atoms with E-state index in [1.165, 1.54) is 0 Å². The van der Waals surface area contributed by atoms with Crippen LogP contribution in [0.25, 0.3) is 0 Å². The van der Waals surface area contributed by atoms with Crippen LogP contribution in [0.4, 0.5) is 0 Å². The Kier molecular flexibility index (Phi) is 10.2. The minimum Gasteiger partial charge on any atom is -0.493 e. The van der Waals surface area contributed by atoms with Crippen LogP contribution >= 0.6 is 12.4 Å². The Morgan fingerprint density at radius 1 is 1.30 bits per heavy atom. The lowest BCUT2D eigenvalue weighted by Crippen LogP contribution is -2.42. The van der Waals surface area contributed by atoms with E-state index in [4.69, 9.17) is 10.5 Å². The van der Waals surface area contributed by atoms with Crippen LogP contribution in [-0.2, 0) is 4.79 Å². The number of nitrogens with zero attached hydrogens (tertiary/aromatic N) is 1. The predicted octanol–water partition coefficient (Wildman–Crippen LogP) is 2.60. The van der Waals surface area contributed by atoms with Crippen LogP contribution in [0, 0.1) is 5.92 Å². The molecule has 1 fully saturated rings. The predicted molar refractivity (Wildman–Crippen MR) is 109 cm³/mol. The summed E-state index contributed by atoms with van der Waals surface area (Å²) in [5.41, 5.74) is 6.47. The fraction of sp³-hybridized carbons (Fsp3) is 0.600. The molecule has 27 heavy (non-hydrogen) atoms. The van der Waals surface area contributed by atoms with Crippen LogP contribution in [0.3, 0.4) is 0 Å². The van der Waals surface area contributed by atoms with Crippen LogP contribution in [-0.4, -0.2) is 49.0 Å². The first kappa shape index (κ1) is 23.2. The third-order valence-electron chi connectivity index (χ3n) is 4.92. The van der Waals surface area contributed by atoms with Crippen molar-refractivity contribution in [3.05, 3.63) is 29.8 Å². The van der Waals surface area contributed by atoms with Crippen molar-refractivity contribution in [1.29, 1.82) is 0 Å². The van der Waals surface area contributed by atoms with Gasteiger partial charge >= 0.3 is 0 Å². The molecule has 0 aliphatic carbocycles. The van der Waals surface area contributed by atoms with E-state index in [9.17, 15) is 9.59 Å². The van der Waals surface area contributed by atoms with E-state index in [2.05, 4.69) is 5.32 Å². The summed E-state index contributed by atoms with van der Waals surface area (Å²) in [5, 5.41) is 2.87. The molecule has 2 amide bonds. The van der Waals surface area contributed by atoms with E-state index >= 15 is 0 Å². The lowest BCUT2D eigenvalue weighted by Gasteiger charge is -2.33. The molecule has 1 saturated heterocycles. The number of likely N-dealkylation sites (tertiary alicyclic amines) is 1.